The Morgan fingerprint density at radius 2 is 2.36 bits per heavy atom. The lowest BCUT2D eigenvalue weighted by Crippen LogP contribution is -2.02. The van der Waals surface area contributed by atoms with Gasteiger partial charge in [-0.3, -0.25) is 0 Å². The molecular weight excluding hydrogens is 265 g/mol. The fourth-order valence-electron chi connectivity index (χ4n) is 1.48. The van der Waals surface area contributed by atoms with E-state index in [1.807, 2.05) is 23.6 Å². The molecule has 0 atom stereocenters. The molecule has 0 aromatic carbocycles. The van der Waals surface area contributed by atoms with Crippen molar-refractivity contribution >= 4 is 33.2 Å². The first-order valence-corrected chi connectivity index (χ1v) is 5.33. The van der Waals surface area contributed by atoms with Crippen molar-refractivity contribution in [3.63, 3.8) is 0 Å². The molecule has 0 aliphatic carbocycles. The molecule has 2 aromatic heterocycles. The number of hydrogen-bond acceptors (Lipinski definition) is 2. The summed E-state index contributed by atoms with van der Waals surface area (Å²) in [6.07, 6.45) is 1.92. The van der Waals surface area contributed by atoms with E-state index < -0.39 is 0 Å². The number of nitrogens with two attached hydrogens (primary N) is 1. The van der Waals surface area contributed by atoms with Crippen LogP contribution in [0.2, 0.25) is 5.02 Å². The number of hydrogen-bond donors (Lipinski definition) is 1. The Morgan fingerprint density at radius 1 is 1.64 bits per heavy atom. The highest BCUT2D eigenvalue weighted by molar-refractivity contribution is 9.10. The van der Waals surface area contributed by atoms with E-state index in [1.165, 1.54) is 0 Å². The number of rotatable bonds is 1. The van der Waals surface area contributed by atoms with Crippen molar-refractivity contribution in [1.82, 2.24) is 9.38 Å². The van der Waals surface area contributed by atoms with E-state index in [0.717, 1.165) is 21.5 Å². The molecule has 0 spiro atoms. The predicted molar refractivity (Wildman–Crippen MR) is 60.5 cm³/mol. The highest BCUT2D eigenvalue weighted by Crippen LogP contribution is 2.24. The first-order valence-electron chi connectivity index (χ1n) is 4.16. The van der Waals surface area contributed by atoms with Crippen LogP contribution in [0.5, 0.6) is 0 Å². The van der Waals surface area contributed by atoms with Crippen LogP contribution in [-0.4, -0.2) is 9.38 Å². The predicted octanol–water partition coefficient (Wildman–Crippen LogP) is 2.52. The second kappa shape index (κ2) is 3.53. The van der Waals surface area contributed by atoms with Crippen LogP contribution < -0.4 is 5.73 Å². The molecule has 0 unspecified atom stereocenters. The summed E-state index contributed by atoms with van der Waals surface area (Å²) in [6.45, 7) is 2.39. The van der Waals surface area contributed by atoms with E-state index in [2.05, 4.69) is 20.9 Å². The van der Waals surface area contributed by atoms with Gasteiger partial charge in [-0.15, -0.1) is 0 Å². The summed E-state index contributed by atoms with van der Waals surface area (Å²) in [4.78, 5) is 4.35. The van der Waals surface area contributed by atoms with Crippen LogP contribution in [-0.2, 0) is 6.54 Å². The molecule has 0 radical (unpaired) electrons. The fourth-order valence-corrected chi connectivity index (χ4v) is 2.30. The summed E-state index contributed by atoms with van der Waals surface area (Å²) < 4.78 is 2.84. The number of nitrogens with zero attached hydrogens (tertiary/aromatic N) is 2. The maximum atomic E-state index is 6.05. The van der Waals surface area contributed by atoms with Crippen LogP contribution in [0.15, 0.2) is 16.7 Å². The molecule has 5 heteroatoms. The lowest BCUT2D eigenvalue weighted by atomic mass is 10.3. The first kappa shape index (κ1) is 9.96. The molecular formula is C9H9BrClN3. The van der Waals surface area contributed by atoms with Crippen molar-refractivity contribution in [1.29, 1.82) is 0 Å². The van der Waals surface area contributed by atoms with Gasteiger partial charge in [-0.05, 0) is 28.9 Å². The monoisotopic (exact) mass is 273 g/mol. The Bertz CT molecular complexity index is 492. The quantitative estimate of drug-likeness (QED) is 0.868. The summed E-state index contributed by atoms with van der Waals surface area (Å²) >= 11 is 9.43. The van der Waals surface area contributed by atoms with E-state index in [1.54, 1.807) is 0 Å². The van der Waals surface area contributed by atoms with Crippen molar-refractivity contribution < 1.29 is 0 Å². The van der Waals surface area contributed by atoms with Crippen LogP contribution in [0, 0.1) is 6.92 Å². The third-order valence-electron chi connectivity index (χ3n) is 2.13. The molecule has 2 rings (SSSR count). The van der Waals surface area contributed by atoms with Crippen LogP contribution >= 0.6 is 27.5 Å². The molecule has 2 aromatic rings. The standard InChI is InChI=1S/C9H9BrClN3/c1-5-8(3-12)14-4-6(10)2-7(11)9(14)13-5/h2,4H,3,12H2,1H3. The number of aryl methyl sites for hydroxylation is 1. The zero-order chi connectivity index (χ0) is 10.3. The molecule has 0 saturated heterocycles. The van der Waals surface area contributed by atoms with Gasteiger partial charge in [-0.1, -0.05) is 11.6 Å². The molecule has 0 amide bonds. The molecule has 3 nitrogen and oxygen atoms in total. The van der Waals surface area contributed by atoms with E-state index in [-0.39, 0.29) is 0 Å². The third-order valence-corrected chi connectivity index (χ3v) is 2.85. The zero-order valence-corrected chi connectivity index (χ0v) is 9.93. The lowest BCUT2D eigenvalue weighted by Gasteiger charge is -2.01. The van der Waals surface area contributed by atoms with Crippen molar-refractivity contribution in [2.75, 3.05) is 0 Å². The molecule has 0 fully saturated rings. The van der Waals surface area contributed by atoms with Crippen LogP contribution in [0.25, 0.3) is 5.65 Å². The lowest BCUT2D eigenvalue weighted by molar-refractivity contribution is 0.941. The number of pyridine rings is 1. The minimum atomic E-state index is 0.458. The largest absolute Gasteiger partial charge is 0.325 e. The normalized spacial score (nSPS) is 11.1. The van der Waals surface area contributed by atoms with E-state index in [0.29, 0.717) is 11.6 Å². The summed E-state index contributed by atoms with van der Waals surface area (Å²) in [6, 6.07) is 1.82. The van der Waals surface area contributed by atoms with E-state index in [4.69, 9.17) is 17.3 Å². The molecule has 2 heterocycles. The Hall–Kier alpha value is -0.580. The maximum absolute atomic E-state index is 6.05. The Morgan fingerprint density at radius 3 is 3.00 bits per heavy atom. The smallest absolute Gasteiger partial charge is 0.156 e. The van der Waals surface area contributed by atoms with Crippen molar-refractivity contribution in [2.24, 2.45) is 5.73 Å². The molecule has 0 bridgehead atoms. The molecule has 0 aliphatic heterocycles. The SMILES string of the molecule is Cc1nc2c(Cl)cc(Br)cn2c1CN. The summed E-state index contributed by atoms with van der Waals surface area (Å²) in [5.41, 5.74) is 8.31. The molecule has 2 N–H and O–H groups in total. The zero-order valence-electron chi connectivity index (χ0n) is 7.59. The van der Waals surface area contributed by atoms with Gasteiger partial charge in [0.2, 0.25) is 0 Å². The minimum Gasteiger partial charge on any atom is -0.325 e. The van der Waals surface area contributed by atoms with Crippen molar-refractivity contribution in [3.05, 3.63) is 33.1 Å². The number of fused-ring (bicyclic) bond motifs is 1. The third kappa shape index (κ3) is 1.43. The molecule has 0 saturated carbocycles. The van der Waals surface area contributed by atoms with Crippen LogP contribution in [0.1, 0.15) is 11.4 Å². The molecule has 74 valence electrons. The van der Waals surface area contributed by atoms with Crippen molar-refractivity contribution in [3.8, 4) is 0 Å². The van der Waals surface area contributed by atoms with Gasteiger partial charge in [-0.2, -0.15) is 0 Å². The molecule has 14 heavy (non-hydrogen) atoms. The highest BCUT2D eigenvalue weighted by atomic mass is 79.9. The van der Waals surface area contributed by atoms with Crippen LogP contribution in [0.3, 0.4) is 0 Å². The topological polar surface area (TPSA) is 43.3 Å². The van der Waals surface area contributed by atoms with Gasteiger partial charge in [0.25, 0.3) is 0 Å². The van der Waals surface area contributed by atoms with Gasteiger partial charge in [0.1, 0.15) is 0 Å². The van der Waals surface area contributed by atoms with Gasteiger partial charge in [-0.25, -0.2) is 4.98 Å². The van der Waals surface area contributed by atoms with Gasteiger partial charge in [0, 0.05) is 17.2 Å². The summed E-state index contributed by atoms with van der Waals surface area (Å²) in [5.74, 6) is 0. The fraction of sp³-hybridized carbons (Fsp3) is 0.222. The van der Waals surface area contributed by atoms with Gasteiger partial charge in [0.15, 0.2) is 5.65 Å². The summed E-state index contributed by atoms with van der Waals surface area (Å²) in [5, 5.41) is 0.627. The van der Waals surface area contributed by atoms with Gasteiger partial charge >= 0.3 is 0 Å². The molecule has 0 aliphatic rings. The number of aromatic nitrogens is 2. The first-order chi connectivity index (χ1) is 6.63. The minimum absolute atomic E-state index is 0.458. The van der Waals surface area contributed by atoms with E-state index in [9.17, 15) is 0 Å². The van der Waals surface area contributed by atoms with Crippen molar-refractivity contribution in [2.45, 2.75) is 13.5 Å². The number of halogens is 2. The maximum Gasteiger partial charge on any atom is 0.156 e. The highest BCUT2D eigenvalue weighted by Gasteiger charge is 2.10. The average Bonchev–Trinajstić information content (AvgIpc) is 2.41. The second-order valence-electron chi connectivity index (χ2n) is 3.05. The van der Waals surface area contributed by atoms with Gasteiger partial charge < -0.3 is 10.1 Å². The Balaban J connectivity index is 2.87. The van der Waals surface area contributed by atoms with E-state index >= 15 is 0 Å². The second-order valence-corrected chi connectivity index (χ2v) is 4.37. The van der Waals surface area contributed by atoms with Gasteiger partial charge in [0.05, 0.1) is 16.4 Å². The Labute approximate surface area is 95.0 Å². The Kier molecular flexibility index (Phi) is 2.51. The average molecular weight is 275 g/mol. The summed E-state index contributed by atoms with van der Waals surface area (Å²) in [7, 11) is 0. The van der Waals surface area contributed by atoms with Crippen LogP contribution in [0.4, 0.5) is 0 Å². The number of imidazole rings is 1.